The summed E-state index contributed by atoms with van der Waals surface area (Å²) in [6.07, 6.45) is 0.808. The quantitative estimate of drug-likeness (QED) is 0.768. The first-order valence-electron chi connectivity index (χ1n) is 6.49. The van der Waals surface area contributed by atoms with Crippen molar-refractivity contribution in [3.8, 4) is 0 Å². The Bertz CT molecular complexity index is 585. The van der Waals surface area contributed by atoms with E-state index in [1.807, 2.05) is 13.8 Å². The van der Waals surface area contributed by atoms with E-state index in [-0.39, 0.29) is 16.4 Å². The fourth-order valence-corrected chi connectivity index (χ4v) is 2.85. The van der Waals surface area contributed by atoms with Gasteiger partial charge in [0, 0.05) is 18.8 Å². The Labute approximate surface area is 120 Å². The third-order valence-electron chi connectivity index (χ3n) is 2.96. The van der Waals surface area contributed by atoms with Gasteiger partial charge in [-0.05, 0) is 38.6 Å². The molecule has 0 radical (unpaired) electrons. The van der Waals surface area contributed by atoms with Crippen molar-refractivity contribution in [2.24, 2.45) is 0 Å². The summed E-state index contributed by atoms with van der Waals surface area (Å²) in [6, 6.07) is 4.29. The Morgan fingerprint density at radius 2 is 2.00 bits per heavy atom. The van der Waals surface area contributed by atoms with Crippen LogP contribution in [0.3, 0.4) is 0 Å². The molecule has 0 bridgehead atoms. The molecule has 112 valence electrons. The van der Waals surface area contributed by atoms with Crippen molar-refractivity contribution in [1.29, 1.82) is 0 Å². The Hall–Kier alpha value is -1.60. The monoisotopic (exact) mass is 299 g/mol. The normalized spacial score (nSPS) is 11.3. The van der Waals surface area contributed by atoms with Gasteiger partial charge in [-0.2, -0.15) is 0 Å². The van der Waals surface area contributed by atoms with Gasteiger partial charge in [-0.3, -0.25) is 4.79 Å². The van der Waals surface area contributed by atoms with Crippen molar-refractivity contribution in [2.45, 2.75) is 25.2 Å². The van der Waals surface area contributed by atoms with E-state index in [1.165, 1.54) is 25.2 Å². The highest BCUT2D eigenvalue weighted by molar-refractivity contribution is 7.89. The first kappa shape index (κ1) is 16.5. The number of anilines is 1. The topological polar surface area (TPSA) is 92.5 Å². The van der Waals surface area contributed by atoms with Crippen LogP contribution in [0.4, 0.5) is 5.69 Å². The summed E-state index contributed by atoms with van der Waals surface area (Å²) in [5.74, 6) is -0.303. The van der Waals surface area contributed by atoms with Gasteiger partial charge in [-0.1, -0.05) is 6.92 Å². The molecule has 1 aromatic rings. The fourth-order valence-electron chi connectivity index (χ4n) is 1.89. The second kappa shape index (κ2) is 6.71. The average Bonchev–Trinajstić information content (AvgIpc) is 2.44. The molecule has 7 heteroatoms. The number of carbonyl (C=O) groups excluding carboxylic acids is 1. The predicted molar refractivity (Wildman–Crippen MR) is 79.0 cm³/mol. The molecule has 6 nitrogen and oxygen atoms in total. The lowest BCUT2D eigenvalue weighted by Gasteiger charge is -2.21. The summed E-state index contributed by atoms with van der Waals surface area (Å²) >= 11 is 0. The molecule has 0 fully saturated rings. The summed E-state index contributed by atoms with van der Waals surface area (Å²) in [5, 5.41) is 0. The van der Waals surface area contributed by atoms with Crippen LogP contribution in [-0.4, -0.2) is 39.4 Å². The predicted octanol–water partition coefficient (Wildman–Crippen LogP) is 1.05. The van der Waals surface area contributed by atoms with Crippen molar-refractivity contribution in [3.05, 3.63) is 23.8 Å². The van der Waals surface area contributed by atoms with Crippen LogP contribution in [0, 0.1) is 0 Å². The van der Waals surface area contributed by atoms with Crippen molar-refractivity contribution >= 4 is 21.6 Å². The number of nitrogens with one attached hydrogen (secondary N) is 1. The summed E-state index contributed by atoms with van der Waals surface area (Å²) < 4.78 is 26.2. The van der Waals surface area contributed by atoms with Gasteiger partial charge in [-0.15, -0.1) is 0 Å². The Balaban J connectivity index is 3.35. The van der Waals surface area contributed by atoms with Crippen LogP contribution >= 0.6 is 0 Å². The van der Waals surface area contributed by atoms with E-state index in [2.05, 4.69) is 4.72 Å². The summed E-state index contributed by atoms with van der Waals surface area (Å²) in [5.41, 5.74) is 6.07. The minimum Gasteiger partial charge on any atom is -0.399 e. The molecule has 0 aliphatic carbocycles. The van der Waals surface area contributed by atoms with E-state index in [0.29, 0.717) is 18.8 Å². The molecule has 0 saturated carbocycles. The number of nitrogens with zero attached hydrogens (tertiary/aromatic N) is 1. The maximum Gasteiger partial charge on any atom is 0.255 e. The van der Waals surface area contributed by atoms with Crippen molar-refractivity contribution in [3.63, 3.8) is 0 Å². The molecule has 0 atom stereocenters. The first-order chi connectivity index (χ1) is 9.37. The zero-order chi connectivity index (χ0) is 15.3. The Morgan fingerprint density at radius 3 is 2.50 bits per heavy atom. The van der Waals surface area contributed by atoms with Crippen LogP contribution in [0.15, 0.2) is 23.1 Å². The maximum absolute atomic E-state index is 12.5. The number of hydrogen-bond donors (Lipinski definition) is 2. The highest BCUT2D eigenvalue weighted by atomic mass is 32.2. The zero-order valence-electron chi connectivity index (χ0n) is 12.0. The molecular formula is C13H21N3O3S. The van der Waals surface area contributed by atoms with E-state index in [1.54, 1.807) is 4.90 Å². The maximum atomic E-state index is 12.5. The number of carbonyl (C=O) groups is 1. The summed E-state index contributed by atoms with van der Waals surface area (Å²) in [7, 11) is -2.43. The summed E-state index contributed by atoms with van der Waals surface area (Å²) in [6.45, 7) is 4.93. The summed E-state index contributed by atoms with van der Waals surface area (Å²) in [4.78, 5) is 14.0. The van der Waals surface area contributed by atoms with Gasteiger partial charge >= 0.3 is 0 Å². The minimum atomic E-state index is -3.73. The van der Waals surface area contributed by atoms with Crippen molar-refractivity contribution < 1.29 is 13.2 Å². The van der Waals surface area contributed by atoms with Crippen LogP contribution in [0.1, 0.15) is 30.6 Å². The van der Waals surface area contributed by atoms with Crippen LogP contribution in [0.2, 0.25) is 0 Å². The van der Waals surface area contributed by atoms with Crippen LogP contribution in [0.25, 0.3) is 0 Å². The van der Waals surface area contributed by atoms with Gasteiger partial charge in [-0.25, -0.2) is 13.1 Å². The lowest BCUT2D eigenvalue weighted by molar-refractivity contribution is 0.0760. The van der Waals surface area contributed by atoms with Crippen LogP contribution in [0.5, 0.6) is 0 Å². The number of benzene rings is 1. The second-order valence-electron chi connectivity index (χ2n) is 4.35. The van der Waals surface area contributed by atoms with E-state index in [0.717, 1.165) is 6.42 Å². The number of amides is 1. The third kappa shape index (κ3) is 3.49. The van der Waals surface area contributed by atoms with Crippen LogP contribution in [-0.2, 0) is 10.0 Å². The molecule has 0 aliphatic heterocycles. The van der Waals surface area contributed by atoms with Gasteiger partial charge in [0.2, 0.25) is 10.0 Å². The first-order valence-corrected chi connectivity index (χ1v) is 7.98. The lowest BCUT2D eigenvalue weighted by atomic mass is 10.1. The van der Waals surface area contributed by atoms with Gasteiger partial charge in [0.25, 0.3) is 5.91 Å². The zero-order valence-corrected chi connectivity index (χ0v) is 12.8. The highest BCUT2D eigenvalue weighted by Gasteiger charge is 2.24. The standard InChI is InChI=1S/C13H21N3O3S/c1-4-8-16(5-2)13(17)11-7-6-10(14)9-12(11)20(18,19)15-3/h6-7,9,15H,4-5,8,14H2,1-3H3. The molecular weight excluding hydrogens is 278 g/mol. The number of hydrogen-bond acceptors (Lipinski definition) is 4. The smallest absolute Gasteiger partial charge is 0.255 e. The molecule has 0 aliphatic rings. The molecule has 0 unspecified atom stereocenters. The number of sulfonamides is 1. The van der Waals surface area contributed by atoms with Gasteiger partial charge in [0.1, 0.15) is 0 Å². The Morgan fingerprint density at radius 1 is 1.35 bits per heavy atom. The van der Waals surface area contributed by atoms with Gasteiger partial charge < -0.3 is 10.6 Å². The van der Waals surface area contributed by atoms with E-state index < -0.39 is 10.0 Å². The molecule has 1 aromatic carbocycles. The number of nitrogen functional groups attached to an aromatic ring is 1. The second-order valence-corrected chi connectivity index (χ2v) is 6.20. The lowest BCUT2D eigenvalue weighted by Crippen LogP contribution is -2.33. The minimum absolute atomic E-state index is 0.0837. The molecule has 3 N–H and O–H groups in total. The number of rotatable bonds is 6. The molecule has 1 amide bonds. The third-order valence-corrected chi connectivity index (χ3v) is 4.41. The van der Waals surface area contributed by atoms with E-state index >= 15 is 0 Å². The van der Waals surface area contributed by atoms with Crippen molar-refractivity contribution in [1.82, 2.24) is 9.62 Å². The molecule has 0 aromatic heterocycles. The molecule has 1 rings (SSSR count). The fraction of sp³-hybridized carbons (Fsp3) is 0.462. The average molecular weight is 299 g/mol. The van der Waals surface area contributed by atoms with Crippen LogP contribution < -0.4 is 10.5 Å². The van der Waals surface area contributed by atoms with Crippen molar-refractivity contribution in [2.75, 3.05) is 25.9 Å². The molecule has 0 saturated heterocycles. The Kier molecular flexibility index (Phi) is 5.52. The van der Waals surface area contributed by atoms with E-state index in [9.17, 15) is 13.2 Å². The molecule has 20 heavy (non-hydrogen) atoms. The SMILES string of the molecule is CCCN(CC)C(=O)c1ccc(N)cc1S(=O)(=O)NC. The molecule has 0 heterocycles. The highest BCUT2D eigenvalue weighted by Crippen LogP contribution is 2.20. The van der Waals surface area contributed by atoms with Gasteiger partial charge in [0.05, 0.1) is 10.5 Å². The van der Waals surface area contributed by atoms with Gasteiger partial charge in [0.15, 0.2) is 0 Å². The van der Waals surface area contributed by atoms with E-state index in [4.69, 9.17) is 5.73 Å². The largest absolute Gasteiger partial charge is 0.399 e. The molecule has 0 spiro atoms. The number of nitrogens with two attached hydrogens (primary N) is 1.